The number of nitrogens with one attached hydrogen (secondary N) is 2. The number of hydrogen-bond donors (Lipinski definition) is 2. The molecule has 0 spiro atoms. The Hall–Kier alpha value is -3.74. The van der Waals surface area contributed by atoms with Gasteiger partial charge < -0.3 is 4.74 Å². The number of ether oxygens (including phenoxy) is 1. The third-order valence-corrected chi connectivity index (χ3v) is 5.10. The number of fused-ring (bicyclic) bond motifs is 1. The third kappa shape index (κ3) is 4.40. The van der Waals surface area contributed by atoms with E-state index in [1.807, 2.05) is 64.1 Å². The van der Waals surface area contributed by atoms with Crippen molar-refractivity contribution in [2.24, 2.45) is 0 Å². The van der Waals surface area contributed by atoms with Gasteiger partial charge in [0.25, 0.3) is 5.56 Å². The van der Waals surface area contributed by atoms with E-state index in [2.05, 4.69) is 31.3 Å². The topological polar surface area (TPSA) is 92.8 Å². The van der Waals surface area contributed by atoms with Crippen LogP contribution in [0.25, 0.3) is 10.9 Å². The fourth-order valence-electron chi connectivity index (χ4n) is 3.62. The average molecular weight is 415 g/mol. The van der Waals surface area contributed by atoms with Crippen LogP contribution in [0.15, 0.2) is 47.3 Å². The number of para-hydroxylation sites is 1. The first-order chi connectivity index (χ1) is 14.9. The van der Waals surface area contributed by atoms with E-state index in [1.54, 1.807) is 0 Å². The lowest BCUT2D eigenvalue weighted by Gasteiger charge is -2.12. The van der Waals surface area contributed by atoms with E-state index in [4.69, 9.17) is 4.74 Å². The van der Waals surface area contributed by atoms with E-state index in [0.29, 0.717) is 41.9 Å². The quantitative estimate of drug-likeness (QED) is 0.486. The number of rotatable bonds is 6. The Morgan fingerprint density at radius 1 is 1.00 bits per heavy atom. The Bertz CT molecular complexity index is 1310. The summed E-state index contributed by atoms with van der Waals surface area (Å²) in [5.74, 6) is 1.36. The molecule has 2 aromatic heterocycles. The van der Waals surface area contributed by atoms with Crippen LogP contribution in [-0.2, 0) is 6.42 Å². The fourth-order valence-corrected chi connectivity index (χ4v) is 3.62. The molecule has 0 radical (unpaired) electrons. The smallest absolute Gasteiger partial charge is 0.256 e. The molecule has 7 nitrogen and oxygen atoms in total. The predicted molar refractivity (Wildman–Crippen MR) is 122 cm³/mol. The lowest BCUT2D eigenvalue weighted by Crippen LogP contribution is -2.19. The normalized spacial score (nSPS) is 11.0. The predicted octanol–water partition coefficient (Wildman–Crippen LogP) is 4.37. The maximum Gasteiger partial charge on any atom is 0.256 e. The maximum absolute atomic E-state index is 12.8. The van der Waals surface area contributed by atoms with Crippen LogP contribution in [0.2, 0.25) is 0 Å². The van der Waals surface area contributed by atoms with Gasteiger partial charge in [-0.1, -0.05) is 42.0 Å². The van der Waals surface area contributed by atoms with Gasteiger partial charge in [-0.2, -0.15) is 0 Å². The number of aryl methyl sites for hydroxylation is 3. The van der Waals surface area contributed by atoms with Gasteiger partial charge >= 0.3 is 0 Å². The van der Waals surface area contributed by atoms with Gasteiger partial charge in [-0.3, -0.25) is 15.1 Å². The van der Waals surface area contributed by atoms with Gasteiger partial charge in [-0.15, -0.1) is 0 Å². The van der Waals surface area contributed by atoms with Gasteiger partial charge in [-0.25, -0.2) is 15.0 Å². The molecule has 0 bridgehead atoms. The zero-order valence-electron chi connectivity index (χ0n) is 18.1. The van der Waals surface area contributed by atoms with Crippen LogP contribution in [-0.4, -0.2) is 26.5 Å². The molecule has 7 heteroatoms. The van der Waals surface area contributed by atoms with Gasteiger partial charge in [0.15, 0.2) is 0 Å². The molecule has 0 unspecified atom stereocenters. The van der Waals surface area contributed by atoms with Crippen LogP contribution in [0.4, 0.5) is 11.9 Å². The molecule has 2 heterocycles. The first-order valence-corrected chi connectivity index (χ1v) is 10.3. The summed E-state index contributed by atoms with van der Waals surface area (Å²) >= 11 is 0. The Kier molecular flexibility index (Phi) is 5.66. The number of nitrogens with zero attached hydrogens (tertiary/aromatic N) is 3. The minimum Gasteiger partial charge on any atom is -0.492 e. The van der Waals surface area contributed by atoms with Crippen LogP contribution >= 0.6 is 0 Å². The SMILES string of the molecule is CCOc1cccc2c(C)nc(Nc3nc(C)c(Cc4cccc(C)c4)c(=O)[nH]3)nc12. The van der Waals surface area contributed by atoms with Crippen molar-refractivity contribution in [3.05, 3.63) is 80.9 Å². The number of benzene rings is 2. The standard InChI is InChI=1S/C24H25N5O2/c1-5-31-20-11-7-10-18-15(3)25-23(27-21(18)20)29-24-26-16(4)19(22(30)28-24)13-17-9-6-8-14(2)12-17/h6-12H,5,13H2,1-4H3,(H2,25,26,27,28,29,30). The molecule has 0 amide bonds. The van der Waals surface area contributed by atoms with E-state index in [-0.39, 0.29) is 5.56 Å². The van der Waals surface area contributed by atoms with Gasteiger partial charge in [0, 0.05) is 17.4 Å². The molecule has 2 N–H and O–H groups in total. The maximum atomic E-state index is 12.8. The van der Waals surface area contributed by atoms with Crippen LogP contribution in [0.1, 0.15) is 35.0 Å². The monoisotopic (exact) mass is 415 g/mol. The molecular weight excluding hydrogens is 390 g/mol. The van der Waals surface area contributed by atoms with E-state index >= 15 is 0 Å². The molecule has 2 aromatic carbocycles. The second-order valence-electron chi connectivity index (χ2n) is 7.49. The molecule has 0 aliphatic heterocycles. The lowest BCUT2D eigenvalue weighted by atomic mass is 10.0. The summed E-state index contributed by atoms with van der Waals surface area (Å²) in [6.07, 6.45) is 0.527. The Labute approximate surface area is 180 Å². The van der Waals surface area contributed by atoms with Crippen molar-refractivity contribution >= 4 is 22.8 Å². The molecule has 0 aliphatic rings. The number of anilines is 2. The molecule has 0 aliphatic carbocycles. The first-order valence-electron chi connectivity index (χ1n) is 10.3. The Morgan fingerprint density at radius 2 is 1.81 bits per heavy atom. The Morgan fingerprint density at radius 3 is 2.55 bits per heavy atom. The van der Waals surface area contributed by atoms with Gasteiger partial charge in [0.1, 0.15) is 11.3 Å². The van der Waals surface area contributed by atoms with Crippen molar-refractivity contribution in [1.29, 1.82) is 0 Å². The second-order valence-corrected chi connectivity index (χ2v) is 7.49. The number of hydrogen-bond acceptors (Lipinski definition) is 6. The van der Waals surface area contributed by atoms with E-state index in [9.17, 15) is 4.79 Å². The molecule has 4 rings (SSSR count). The Balaban J connectivity index is 1.66. The summed E-state index contributed by atoms with van der Waals surface area (Å²) < 4.78 is 5.71. The number of aromatic nitrogens is 4. The van der Waals surface area contributed by atoms with Crippen molar-refractivity contribution in [2.45, 2.75) is 34.1 Å². The highest BCUT2D eigenvalue weighted by atomic mass is 16.5. The number of aromatic amines is 1. The summed E-state index contributed by atoms with van der Waals surface area (Å²) in [5, 5.41) is 3.96. The van der Waals surface area contributed by atoms with Crippen LogP contribution in [0.5, 0.6) is 5.75 Å². The largest absolute Gasteiger partial charge is 0.492 e. The fraction of sp³-hybridized carbons (Fsp3) is 0.250. The minimum absolute atomic E-state index is 0.177. The van der Waals surface area contributed by atoms with Crippen LogP contribution < -0.4 is 15.6 Å². The highest BCUT2D eigenvalue weighted by Gasteiger charge is 2.13. The molecular formula is C24H25N5O2. The average Bonchev–Trinajstić information content (AvgIpc) is 2.72. The van der Waals surface area contributed by atoms with Gasteiger partial charge in [0.2, 0.25) is 11.9 Å². The van der Waals surface area contributed by atoms with Crippen molar-refractivity contribution < 1.29 is 4.74 Å². The van der Waals surface area contributed by atoms with Gasteiger partial charge in [-0.05, 0) is 39.3 Å². The number of H-pyrrole nitrogens is 1. The zero-order valence-corrected chi connectivity index (χ0v) is 18.1. The summed E-state index contributed by atoms with van der Waals surface area (Å²) in [7, 11) is 0. The molecule has 31 heavy (non-hydrogen) atoms. The zero-order chi connectivity index (χ0) is 22.0. The highest BCUT2D eigenvalue weighted by Crippen LogP contribution is 2.27. The summed E-state index contributed by atoms with van der Waals surface area (Å²) in [5.41, 5.74) is 4.90. The van der Waals surface area contributed by atoms with Crippen molar-refractivity contribution in [2.75, 3.05) is 11.9 Å². The summed E-state index contributed by atoms with van der Waals surface area (Å²) in [6.45, 7) is 8.26. The highest BCUT2D eigenvalue weighted by molar-refractivity contribution is 5.87. The molecule has 0 saturated heterocycles. The van der Waals surface area contributed by atoms with E-state index in [0.717, 1.165) is 27.7 Å². The summed E-state index contributed by atoms with van der Waals surface area (Å²) in [6, 6.07) is 13.9. The molecule has 0 atom stereocenters. The second kappa shape index (κ2) is 8.55. The van der Waals surface area contributed by atoms with Crippen molar-refractivity contribution in [3.63, 3.8) is 0 Å². The van der Waals surface area contributed by atoms with Crippen LogP contribution in [0.3, 0.4) is 0 Å². The van der Waals surface area contributed by atoms with Gasteiger partial charge in [0.05, 0.1) is 18.0 Å². The molecule has 158 valence electrons. The molecule has 0 saturated carbocycles. The van der Waals surface area contributed by atoms with E-state index < -0.39 is 0 Å². The minimum atomic E-state index is -0.177. The molecule has 0 fully saturated rings. The first kappa shape index (κ1) is 20.5. The van der Waals surface area contributed by atoms with Crippen molar-refractivity contribution in [1.82, 2.24) is 19.9 Å². The van der Waals surface area contributed by atoms with E-state index in [1.165, 1.54) is 0 Å². The lowest BCUT2D eigenvalue weighted by molar-refractivity contribution is 0.343. The van der Waals surface area contributed by atoms with Crippen LogP contribution in [0, 0.1) is 20.8 Å². The molecule has 4 aromatic rings. The van der Waals surface area contributed by atoms with Crippen molar-refractivity contribution in [3.8, 4) is 5.75 Å². The third-order valence-electron chi connectivity index (χ3n) is 5.10. The summed E-state index contributed by atoms with van der Waals surface area (Å²) in [4.78, 5) is 29.2.